The summed E-state index contributed by atoms with van der Waals surface area (Å²) in [7, 11) is 0. The summed E-state index contributed by atoms with van der Waals surface area (Å²) in [6.07, 6.45) is 3.38. The first kappa shape index (κ1) is 20.2. The van der Waals surface area contributed by atoms with Gasteiger partial charge in [-0.05, 0) is 67.4 Å². The van der Waals surface area contributed by atoms with Crippen molar-refractivity contribution in [2.24, 2.45) is 0 Å². The zero-order valence-corrected chi connectivity index (χ0v) is 16.7. The van der Waals surface area contributed by atoms with Crippen molar-refractivity contribution in [3.8, 4) is 11.5 Å². The average molecular weight is 387 g/mol. The van der Waals surface area contributed by atoms with Gasteiger partial charge in [0, 0.05) is 11.8 Å². The molecule has 4 nitrogen and oxygen atoms in total. The van der Waals surface area contributed by atoms with E-state index in [0.29, 0.717) is 12.3 Å². The highest BCUT2D eigenvalue weighted by atomic mass is 16.5. The van der Waals surface area contributed by atoms with Crippen molar-refractivity contribution in [2.75, 3.05) is 5.32 Å². The minimum atomic E-state index is -0.196. The van der Waals surface area contributed by atoms with Crippen LogP contribution in [0.1, 0.15) is 25.0 Å². The monoisotopic (exact) mass is 387 g/mol. The molecule has 0 aliphatic carbocycles. The topological polar surface area (TPSA) is 47.6 Å². The summed E-state index contributed by atoms with van der Waals surface area (Å²) >= 11 is 0. The van der Waals surface area contributed by atoms with E-state index in [9.17, 15) is 4.79 Å². The summed E-state index contributed by atoms with van der Waals surface area (Å²) < 4.78 is 11.4. The van der Waals surface area contributed by atoms with Gasteiger partial charge in [-0.15, -0.1) is 0 Å². The van der Waals surface area contributed by atoms with Gasteiger partial charge in [-0.1, -0.05) is 42.5 Å². The molecule has 0 spiro atoms. The van der Waals surface area contributed by atoms with E-state index >= 15 is 0 Å². The van der Waals surface area contributed by atoms with Gasteiger partial charge < -0.3 is 14.8 Å². The third-order valence-corrected chi connectivity index (χ3v) is 4.03. The maximum atomic E-state index is 12.2. The summed E-state index contributed by atoms with van der Waals surface area (Å²) in [6, 6.07) is 25.0. The number of nitrogens with one attached hydrogen (secondary N) is 1. The molecular formula is C25H25NO3. The highest BCUT2D eigenvalue weighted by Gasteiger charge is 2.01. The number of hydrogen-bond donors (Lipinski definition) is 1. The normalized spacial score (nSPS) is 10.9. The second-order valence-electron chi connectivity index (χ2n) is 6.86. The fourth-order valence-corrected chi connectivity index (χ4v) is 2.69. The van der Waals surface area contributed by atoms with Crippen LogP contribution in [0.25, 0.3) is 6.08 Å². The molecule has 29 heavy (non-hydrogen) atoms. The van der Waals surface area contributed by atoms with Crippen molar-refractivity contribution in [3.63, 3.8) is 0 Å². The Hall–Kier alpha value is -3.53. The molecule has 1 N–H and O–H groups in total. The second kappa shape index (κ2) is 10.1. The molecule has 0 saturated carbocycles. The summed E-state index contributed by atoms with van der Waals surface area (Å²) in [4.78, 5) is 12.2. The summed E-state index contributed by atoms with van der Waals surface area (Å²) in [5, 5.41) is 2.85. The van der Waals surface area contributed by atoms with Gasteiger partial charge in [-0.25, -0.2) is 0 Å². The van der Waals surface area contributed by atoms with E-state index in [-0.39, 0.29) is 12.0 Å². The molecule has 3 rings (SSSR count). The Balaban J connectivity index is 1.52. The third kappa shape index (κ3) is 6.85. The van der Waals surface area contributed by atoms with Gasteiger partial charge in [-0.3, -0.25) is 4.79 Å². The first-order chi connectivity index (χ1) is 14.1. The van der Waals surface area contributed by atoms with E-state index in [1.165, 1.54) is 6.08 Å². The molecule has 4 heteroatoms. The molecular weight excluding hydrogens is 362 g/mol. The van der Waals surface area contributed by atoms with Crippen LogP contribution >= 0.6 is 0 Å². The van der Waals surface area contributed by atoms with E-state index in [0.717, 1.165) is 22.6 Å². The summed E-state index contributed by atoms with van der Waals surface area (Å²) in [6.45, 7) is 4.47. The predicted molar refractivity (Wildman–Crippen MR) is 117 cm³/mol. The lowest BCUT2D eigenvalue weighted by molar-refractivity contribution is -0.111. The van der Waals surface area contributed by atoms with Crippen LogP contribution in [-0.4, -0.2) is 12.0 Å². The van der Waals surface area contributed by atoms with Crippen molar-refractivity contribution in [2.45, 2.75) is 26.6 Å². The zero-order valence-electron chi connectivity index (χ0n) is 16.7. The summed E-state index contributed by atoms with van der Waals surface area (Å²) in [5.74, 6) is 1.34. The number of rotatable bonds is 8. The highest BCUT2D eigenvalue weighted by molar-refractivity contribution is 6.01. The van der Waals surface area contributed by atoms with Gasteiger partial charge in [0.05, 0.1) is 6.10 Å². The van der Waals surface area contributed by atoms with Crippen LogP contribution in [0, 0.1) is 0 Å². The lowest BCUT2D eigenvalue weighted by Gasteiger charge is -2.09. The largest absolute Gasteiger partial charge is 0.491 e. The Bertz CT molecular complexity index is 947. The first-order valence-corrected chi connectivity index (χ1v) is 9.61. The van der Waals surface area contributed by atoms with Gasteiger partial charge in [0.25, 0.3) is 0 Å². The minimum absolute atomic E-state index is 0.108. The maximum Gasteiger partial charge on any atom is 0.248 e. The van der Waals surface area contributed by atoms with Crippen LogP contribution < -0.4 is 14.8 Å². The Kier molecular flexibility index (Phi) is 7.06. The molecule has 0 saturated heterocycles. The van der Waals surface area contributed by atoms with Gasteiger partial charge in [0.15, 0.2) is 0 Å². The molecule has 0 heterocycles. The van der Waals surface area contributed by atoms with Crippen LogP contribution in [0.15, 0.2) is 84.9 Å². The molecule has 1 amide bonds. The van der Waals surface area contributed by atoms with E-state index in [1.807, 2.05) is 92.7 Å². The quantitative estimate of drug-likeness (QED) is 0.504. The number of benzene rings is 3. The Morgan fingerprint density at radius 1 is 0.931 bits per heavy atom. The van der Waals surface area contributed by atoms with Crippen LogP contribution in [0.4, 0.5) is 5.69 Å². The number of amides is 1. The van der Waals surface area contributed by atoms with Crippen molar-refractivity contribution >= 4 is 17.7 Å². The SMILES string of the molecule is CC(C)Oc1cccc(/C=C/C(=O)Nc2ccc(OCc3ccccc3)cc2)c1. The molecule has 0 aliphatic heterocycles. The van der Waals surface area contributed by atoms with Crippen LogP contribution in [-0.2, 0) is 11.4 Å². The van der Waals surface area contributed by atoms with Crippen molar-refractivity contribution < 1.29 is 14.3 Å². The molecule has 0 radical (unpaired) electrons. The number of hydrogen-bond acceptors (Lipinski definition) is 3. The number of carbonyl (C=O) groups is 1. The van der Waals surface area contributed by atoms with E-state index in [4.69, 9.17) is 9.47 Å². The number of carbonyl (C=O) groups excluding carboxylic acids is 1. The van der Waals surface area contributed by atoms with Crippen molar-refractivity contribution in [1.82, 2.24) is 0 Å². The second-order valence-corrected chi connectivity index (χ2v) is 6.86. The van der Waals surface area contributed by atoms with Gasteiger partial charge >= 0.3 is 0 Å². The zero-order chi connectivity index (χ0) is 20.5. The Labute approximate surface area is 171 Å². The van der Waals surface area contributed by atoms with Crippen LogP contribution in [0.3, 0.4) is 0 Å². The smallest absolute Gasteiger partial charge is 0.248 e. The molecule has 148 valence electrons. The van der Waals surface area contributed by atoms with E-state index < -0.39 is 0 Å². The minimum Gasteiger partial charge on any atom is -0.491 e. The van der Waals surface area contributed by atoms with Gasteiger partial charge in [0.1, 0.15) is 18.1 Å². The first-order valence-electron chi connectivity index (χ1n) is 9.61. The van der Waals surface area contributed by atoms with Crippen molar-refractivity contribution in [3.05, 3.63) is 96.1 Å². The molecule has 0 bridgehead atoms. The Morgan fingerprint density at radius 2 is 1.69 bits per heavy atom. The van der Waals surface area contributed by atoms with Gasteiger partial charge in [-0.2, -0.15) is 0 Å². The van der Waals surface area contributed by atoms with E-state index in [2.05, 4.69) is 5.32 Å². The lowest BCUT2D eigenvalue weighted by Crippen LogP contribution is -2.07. The predicted octanol–water partition coefficient (Wildman–Crippen LogP) is 5.70. The molecule has 0 unspecified atom stereocenters. The average Bonchev–Trinajstić information content (AvgIpc) is 2.72. The third-order valence-electron chi connectivity index (χ3n) is 4.03. The van der Waals surface area contributed by atoms with E-state index in [1.54, 1.807) is 6.08 Å². The molecule has 0 fully saturated rings. The fourth-order valence-electron chi connectivity index (χ4n) is 2.69. The van der Waals surface area contributed by atoms with Crippen LogP contribution in [0.5, 0.6) is 11.5 Å². The van der Waals surface area contributed by atoms with Crippen molar-refractivity contribution in [1.29, 1.82) is 0 Å². The standard InChI is InChI=1S/C25H25NO3/c1-19(2)29-24-10-6-9-20(17-24)11-16-25(27)26-22-12-14-23(15-13-22)28-18-21-7-4-3-5-8-21/h3-17,19H,18H2,1-2H3,(H,26,27)/b16-11+. The Morgan fingerprint density at radius 3 is 2.41 bits per heavy atom. The fraction of sp³-hybridized carbons (Fsp3) is 0.160. The number of anilines is 1. The molecule has 0 atom stereocenters. The molecule has 3 aromatic carbocycles. The molecule has 0 aromatic heterocycles. The van der Waals surface area contributed by atoms with Crippen LogP contribution in [0.2, 0.25) is 0 Å². The highest BCUT2D eigenvalue weighted by Crippen LogP contribution is 2.18. The number of ether oxygens (including phenoxy) is 2. The maximum absolute atomic E-state index is 12.2. The lowest BCUT2D eigenvalue weighted by atomic mass is 10.2. The van der Waals surface area contributed by atoms with Gasteiger partial charge in [0.2, 0.25) is 5.91 Å². The molecule has 0 aliphatic rings. The summed E-state index contributed by atoms with van der Waals surface area (Å²) in [5.41, 5.74) is 2.73. The molecule has 3 aromatic rings.